The first kappa shape index (κ1) is 18.2. The number of carbonyl (C=O) groups is 1. The molecule has 3 rings (SSSR count). The Bertz CT molecular complexity index is 595. The van der Waals surface area contributed by atoms with Gasteiger partial charge in [0.1, 0.15) is 6.04 Å². The highest BCUT2D eigenvalue weighted by Crippen LogP contribution is 2.35. The fourth-order valence-electron chi connectivity index (χ4n) is 4.13. The summed E-state index contributed by atoms with van der Waals surface area (Å²) in [6.07, 6.45) is 2.73. The van der Waals surface area contributed by atoms with Crippen LogP contribution in [0.4, 0.5) is 13.2 Å². The fourth-order valence-corrected chi connectivity index (χ4v) is 4.13. The number of hydrogen-bond acceptors (Lipinski definition) is 3. The lowest BCUT2D eigenvalue weighted by Crippen LogP contribution is -2.52. The predicted molar refractivity (Wildman–Crippen MR) is 86.9 cm³/mol. The van der Waals surface area contributed by atoms with Crippen LogP contribution < -0.4 is 10.6 Å². The van der Waals surface area contributed by atoms with Crippen LogP contribution in [-0.4, -0.2) is 41.0 Å². The van der Waals surface area contributed by atoms with Crippen molar-refractivity contribution in [3.8, 4) is 0 Å². The largest absolute Gasteiger partial charge is 0.408 e. The van der Waals surface area contributed by atoms with Crippen molar-refractivity contribution in [2.24, 2.45) is 18.9 Å². The van der Waals surface area contributed by atoms with Crippen molar-refractivity contribution in [1.29, 1.82) is 0 Å². The van der Waals surface area contributed by atoms with E-state index in [1.165, 1.54) is 0 Å². The number of hydrogen-bond donors (Lipinski definition) is 2. The Morgan fingerprint density at radius 2 is 2.04 bits per heavy atom. The molecule has 25 heavy (non-hydrogen) atoms. The molecule has 0 radical (unpaired) electrons. The molecule has 0 aromatic carbocycles. The number of carbonyl (C=O) groups excluding carboxylic acids is 1. The molecule has 2 fully saturated rings. The number of nitrogens with one attached hydrogen (secondary N) is 2. The van der Waals surface area contributed by atoms with Crippen LogP contribution in [0.15, 0.2) is 12.4 Å². The Labute approximate surface area is 145 Å². The SMILES string of the molecule is Cn1cc([C@H]2CNC[C@@H]2C(=O)NC(C2CCCCC2)C(F)(F)F)cn1. The average molecular weight is 358 g/mol. The Hall–Kier alpha value is -1.57. The number of amides is 1. The number of rotatable bonds is 4. The Morgan fingerprint density at radius 1 is 1.32 bits per heavy atom. The van der Waals surface area contributed by atoms with E-state index in [0.717, 1.165) is 24.8 Å². The maximum absolute atomic E-state index is 13.5. The van der Waals surface area contributed by atoms with Crippen LogP contribution in [-0.2, 0) is 11.8 Å². The zero-order chi connectivity index (χ0) is 18.0. The molecule has 0 spiro atoms. The molecule has 2 N–H and O–H groups in total. The molecule has 0 bridgehead atoms. The molecule has 1 saturated heterocycles. The number of aromatic nitrogens is 2. The highest BCUT2D eigenvalue weighted by atomic mass is 19.4. The predicted octanol–water partition coefficient (Wildman–Crippen LogP) is 2.35. The maximum atomic E-state index is 13.5. The molecule has 2 heterocycles. The van der Waals surface area contributed by atoms with Gasteiger partial charge in [0.15, 0.2) is 0 Å². The van der Waals surface area contributed by atoms with E-state index in [4.69, 9.17) is 0 Å². The third-order valence-corrected chi connectivity index (χ3v) is 5.48. The molecule has 140 valence electrons. The van der Waals surface area contributed by atoms with Crippen molar-refractivity contribution in [3.63, 3.8) is 0 Å². The van der Waals surface area contributed by atoms with Crippen LogP contribution in [0.25, 0.3) is 0 Å². The molecule has 1 aliphatic carbocycles. The number of aryl methyl sites for hydroxylation is 1. The molecule has 1 unspecified atom stereocenters. The van der Waals surface area contributed by atoms with Gasteiger partial charge in [0, 0.05) is 32.3 Å². The highest BCUT2D eigenvalue weighted by Gasteiger charge is 2.47. The van der Waals surface area contributed by atoms with Crippen molar-refractivity contribution in [2.75, 3.05) is 13.1 Å². The van der Waals surface area contributed by atoms with Crippen LogP contribution in [0.1, 0.15) is 43.6 Å². The molecule has 1 amide bonds. The zero-order valence-corrected chi connectivity index (χ0v) is 14.4. The standard InChI is InChI=1S/C17H25F3N4O/c1-24-10-12(7-22-24)13-8-21-9-14(13)16(25)23-15(17(18,19)20)11-5-3-2-4-6-11/h7,10-11,13-15,21H,2-6,8-9H2,1H3,(H,23,25)/t13-,14+,15?/m1/s1. The van der Waals surface area contributed by atoms with Gasteiger partial charge in [-0.2, -0.15) is 18.3 Å². The first-order chi connectivity index (χ1) is 11.9. The second-order valence-corrected chi connectivity index (χ2v) is 7.24. The van der Waals surface area contributed by atoms with Gasteiger partial charge in [0.05, 0.1) is 12.1 Å². The van der Waals surface area contributed by atoms with E-state index in [-0.39, 0.29) is 5.92 Å². The Kier molecular flexibility index (Phi) is 5.36. The van der Waals surface area contributed by atoms with Gasteiger partial charge in [0.25, 0.3) is 0 Å². The third-order valence-electron chi connectivity index (χ3n) is 5.48. The third kappa shape index (κ3) is 4.16. The minimum Gasteiger partial charge on any atom is -0.344 e. The lowest BCUT2D eigenvalue weighted by atomic mass is 9.83. The first-order valence-corrected chi connectivity index (χ1v) is 8.92. The molecule has 5 nitrogen and oxygen atoms in total. The van der Waals surface area contributed by atoms with Crippen LogP contribution >= 0.6 is 0 Å². The van der Waals surface area contributed by atoms with E-state index in [2.05, 4.69) is 15.7 Å². The van der Waals surface area contributed by atoms with E-state index in [9.17, 15) is 18.0 Å². The lowest BCUT2D eigenvalue weighted by Gasteiger charge is -2.33. The second-order valence-electron chi connectivity index (χ2n) is 7.24. The second kappa shape index (κ2) is 7.35. The van der Waals surface area contributed by atoms with Crippen molar-refractivity contribution in [1.82, 2.24) is 20.4 Å². The van der Waals surface area contributed by atoms with E-state index >= 15 is 0 Å². The van der Waals surface area contributed by atoms with E-state index in [1.807, 2.05) is 6.20 Å². The van der Waals surface area contributed by atoms with Gasteiger partial charge in [0.2, 0.25) is 5.91 Å². The summed E-state index contributed by atoms with van der Waals surface area (Å²) in [4.78, 5) is 12.7. The summed E-state index contributed by atoms with van der Waals surface area (Å²) in [5, 5.41) is 9.57. The van der Waals surface area contributed by atoms with Crippen LogP contribution in [0.2, 0.25) is 0 Å². The van der Waals surface area contributed by atoms with Crippen molar-refractivity contribution >= 4 is 5.91 Å². The van der Waals surface area contributed by atoms with Gasteiger partial charge in [-0.15, -0.1) is 0 Å². The number of alkyl halides is 3. The van der Waals surface area contributed by atoms with E-state index < -0.39 is 30.0 Å². The fraction of sp³-hybridized carbons (Fsp3) is 0.765. The molecule has 1 aromatic heterocycles. The lowest BCUT2D eigenvalue weighted by molar-refractivity contribution is -0.175. The molecule has 2 aliphatic rings. The summed E-state index contributed by atoms with van der Waals surface area (Å²) >= 11 is 0. The molecular weight excluding hydrogens is 333 g/mol. The summed E-state index contributed by atoms with van der Waals surface area (Å²) in [7, 11) is 1.78. The molecule has 3 atom stereocenters. The monoisotopic (exact) mass is 358 g/mol. The van der Waals surface area contributed by atoms with Crippen LogP contribution in [0, 0.1) is 11.8 Å². The van der Waals surface area contributed by atoms with E-state index in [1.54, 1.807) is 17.9 Å². The highest BCUT2D eigenvalue weighted by molar-refractivity contribution is 5.81. The van der Waals surface area contributed by atoms with Gasteiger partial charge < -0.3 is 10.6 Å². The van der Waals surface area contributed by atoms with Gasteiger partial charge >= 0.3 is 6.18 Å². The maximum Gasteiger partial charge on any atom is 0.408 e. The normalized spacial score (nSPS) is 26.6. The smallest absolute Gasteiger partial charge is 0.344 e. The van der Waals surface area contributed by atoms with E-state index in [0.29, 0.717) is 25.9 Å². The van der Waals surface area contributed by atoms with Gasteiger partial charge in [-0.25, -0.2) is 0 Å². The summed E-state index contributed by atoms with van der Waals surface area (Å²) in [5.74, 6) is -1.66. The quantitative estimate of drug-likeness (QED) is 0.869. The number of nitrogens with zero attached hydrogens (tertiary/aromatic N) is 2. The molecule has 1 aliphatic heterocycles. The Morgan fingerprint density at radius 3 is 2.64 bits per heavy atom. The summed E-state index contributed by atoms with van der Waals surface area (Å²) in [5.41, 5.74) is 0.883. The molecule has 1 saturated carbocycles. The molecule has 8 heteroatoms. The number of halogens is 3. The topological polar surface area (TPSA) is 59.0 Å². The van der Waals surface area contributed by atoms with Gasteiger partial charge in [-0.1, -0.05) is 19.3 Å². The minimum absolute atomic E-state index is 0.145. The molecular formula is C17H25F3N4O. The first-order valence-electron chi connectivity index (χ1n) is 8.92. The average Bonchev–Trinajstić information content (AvgIpc) is 3.20. The van der Waals surface area contributed by atoms with Crippen molar-refractivity contribution in [2.45, 2.75) is 50.2 Å². The Balaban J connectivity index is 1.71. The minimum atomic E-state index is -4.41. The summed E-state index contributed by atoms with van der Waals surface area (Å²) in [6, 6.07) is -1.74. The summed E-state index contributed by atoms with van der Waals surface area (Å²) < 4.78 is 42.2. The van der Waals surface area contributed by atoms with Crippen LogP contribution in [0.5, 0.6) is 0 Å². The van der Waals surface area contributed by atoms with Gasteiger partial charge in [-0.3, -0.25) is 9.48 Å². The van der Waals surface area contributed by atoms with Crippen molar-refractivity contribution in [3.05, 3.63) is 18.0 Å². The van der Waals surface area contributed by atoms with Crippen LogP contribution in [0.3, 0.4) is 0 Å². The summed E-state index contributed by atoms with van der Waals surface area (Å²) in [6.45, 7) is 0.963. The molecule has 1 aromatic rings. The van der Waals surface area contributed by atoms with Crippen molar-refractivity contribution < 1.29 is 18.0 Å². The van der Waals surface area contributed by atoms with Gasteiger partial charge in [-0.05, 0) is 24.3 Å². The zero-order valence-electron chi connectivity index (χ0n) is 14.4.